The number of phenolic OH excluding ortho intramolecular Hbond substituents is 1. The van der Waals surface area contributed by atoms with E-state index in [4.69, 9.17) is 11.6 Å². The predicted octanol–water partition coefficient (Wildman–Crippen LogP) is 4.04. The molecule has 2 aromatic carbocycles. The molecule has 4 aromatic rings. The van der Waals surface area contributed by atoms with E-state index in [0.29, 0.717) is 12.0 Å². The normalized spacial score (nSPS) is 10.5. The van der Waals surface area contributed by atoms with Crippen molar-refractivity contribution in [2.24, 2.45) is 0 Å². The van der Waals surface area contributed by atoms with Gasteiger partial charge < -0.3 is 10.4 Å². The van der Waals surface area contributed by atoms with Crippen molar-refractivity contribution in [3.05, 3.63) is 94.2 Å². The van der Waals surface area contributed by atoms with E-state index in [9.17, 15) is 15.2 Å². The van der Waals surface area contributed by atoms with Crippen molar-refractivity contribution in [3.63, 3.8) is 0 Å². The van der Waals surface area contributed by atoms with E-state index >= 15 is 0 Å². The van der Waals surface area contributed by atoms with E-state index in [1.54, 1.807) is 36.1 Å². The number of nitrogens with one attached hydrogen (secondary N) is 1. The number of nitrogens with zero attached hydrogens (tertiary/aromatic N) is 5. The molecule has 0 radical (unpaired) electrons. The van der Waals surface area contributed by atoms with Crippen molar-refractivity contribution in [3.8, 4) is 17.5 Å². The van der Waals surface area contributed by atoms with Crippen LogP contribution in [-0.4, -0.2) is 30.8 Å². The number of nitriles is 1. The molecule has 0 unspecified atom stereocenters. The second-order valence-electron chi connectivity index (χ2n) is 7.02. The zero-order valence-corrected chi connectivity index (χ0v) is 17.7. The fourth-order valence-electron chi connectivity index (χ4n) is 3.24. The molecule has 2 heterocycles. The van der Waals surface area contributed by atoms with Crippen LogP contribution in [0.25, 0.3) is 5.69 Å². The number of aromatic hydroxyl groups is 1. The number of amides is 1. The predicted molar refractivity (Wildman–Crippen MR) is 119 cm³/mol. The van der Waals surface area contributed by atoms with Gasteiger partial charge in [-0.15, -0.1) is 0 Å². The maximum Gasteiger partial charge on any atom is 0.260 e. The molecule has 0 saturated heterocycles. The Balaban J connectivity index is 1.62. The maximum absolute atomic E-state index is 12.9. The molecule has 2 aromatic heterocycles. The van der Waals surface area contributed by atoms with Crippen LogP contribution in [0.5, 0.6) is 5.75 Å². The van der Waals surface area contributed by atoms with Crippen LogP contribution in [-0.2, 0) is 6.42 Å². The summed E-state index contributed by atoms with van der Waals surface area (Å²) in [5.41, 5.74) is 3.54. The van der Waals surface area contributed by atoms with Crippen LogP contribution in [0.1, 0.15) is 32.6 Å². The molecule has 0 aliphatic rings. The van der Waals surface area contributed by atoms with Gasteiger partial charge in [0.1, 0.15) is 24.5 Å². The largest absolute Gasteiger partial charge is 0.506 e. The molecule has 1 amide bonds. The molecule has 0 spiro atoms. The van der Waals surface area contributed by atoms with E-state index in [0.717, 1.165) is 16.8 Å². The van der Waals surface area contributed by atoms with Crippen LogP contribution >= 0.6 is 11.6 Å². The van der Waals surface area contributed by atoms with Crippen molar-refractivity contribution in [2.75, 3.05) is 5.32 Å². The van der Waals surface area contributed by atoms with Crippen LogP contribution in [0.4, 0.5) is 5.82 Å². The molecule has 158 valence electrons. The summed E-state index contributed by atoms with van der Waals surface area (Å²) in [6.07, 6.45) is 5.04. The van der Waals surface area contributed by atoms with Gasteiger partial charge in [0.25, 0.3) is 5.91 Å². The molecule has 0 aliphatic carbocycles. The standard InChI is InChI=1S/C23H17ClN6O2/c1-14-17(9-15-4-6-18(7-5-15)30-13-26-12-28-30)10-19(21(31)20(14)24)23(32)29-22-16(11-25)3-2-8-27-22/h2-8,10,12-13,31H,9H2,1H3,(H,27,29,32). The Morgan fingerprint density at radius 3 is 2.75 bits per heavy atom. The number of phenols is 1. The van der Waals surface area contributed by atoms with Crippen molar-refractivity contribution >= 4 is 23.3 Å². The Morgan fingerprint density at radius 1 is 1.28 bits per heavy atom. The Labute approximate surface area is 188 Å². The summed E-state index contributed by atoms with van der Waals surface area (Å²) in [6.45, 7) is 1.79. The van der Waals surface area contributed by atoms with Crippen LogP contribution < -0.4 is 5.32 Å². The zero-order chi connectivity index (χ0) is 22.7. The minimum absolute atomic E-state index is 0.00405. The highest BCUT2D eigenvalue weighted by Crippen LogP contribution is 2.35. The average Bonchev–Trinajstić information content (AvgIpc) is 3.35. The summed E-state index contributed by atoms with van der Waals surface area (Å²) in [5.74, 6) is -0.815. The van der Waals surface area contributed by atoms with Gasteiger partial charge in [0.05, 0.1) is 21.8 Å². The number of hydrogen-bond acceptors (Lipinski definition) is 6. The van der Waals surface area contributed by atoms with Crippen molar-refractivity contribution in [2.45, 2.75) is 13.3 Å². The van der Waals surface area contributed by atoms with Gasteiger partial charge in [0, 0.05) is 6.20 Å². The van der Waals surface area contributed by atoms with Crippen LogP contribution in [0.3, 0.4) is 0 Å². The number of halogens is 1. The second kappa shape index (κ2) is 8.88. The third-order valence-electron chi connectivity index (χ3n) is 5.01. The van der Waals surface area contributed by atoms with E-state index in [1.807, 2.05) is 30.3 Å². The molecular weight excluding hydrogens is 428 g/mol. The Hall–Kier alpha value is -4.22. The topological polar surface area (TPSA) is 117 Å². The Kier molecular flexibility index (Phi) is 5.83. The molecule has 4 rings (SSSR count). The third kappa shape index (κ3) is 4.15. The first kappa shape index (κ1) is 21.0. The molecular formula is C23H17ClN6O2. The number of carbonyl (C=O) groups is 1. The van der Waals surface area contributed by atoms with Crippen LogP contribution in [0.2, 0.25) is 5.02 Å². The SMILES string of the molecule is Cc1c(Cc2ccc(-n3cncn3)cc2)cc(C(=O)Nc2ncccc2C#N)c(O)c1Cl. The highest BCUT2D eigenvalue weighted by molar-refractivity contribution is 6.33. The average molecular weight is 445 g/mol. The van der Waals surface area contributed by atoms with E-state index in [1.165, 1.54) is 12.5 Å². The maximum atomic E-state index is 12.9. The first-order valence-electron chi connectivity index (χ1n) is 9.59. The number of pyridine rings is 1. The van der Waals surface area contributed by atoms with Crippen molar-refractivity contribution in [1.82, 2.24) is 19.7 Å². The summed E-state index contributed by atoms with van der Waals surface area (Å²) >= 11 is 6.34. The monoisotopic (exact) mass is 444 g/mol. The lowest BCUT2D eigenvalue weighted by atomic mass is 9.97. The quantitative estimate of drug-likeness (QED) is 0.479. The highest BCUT2D eigenvalue weighted by Gasteiger charge is 2.20. The molecule has 0 fully saturated rings. The minimum atomic E-state index is -0.609. The molecule has 0 bridgehead atoms. The first-order chi connectivity index (χ1) is 15.5. The van der Waals surface area contributed by atoms with Gasteiger partial charge in [-0.2, -0.15) is 10.4 Å². The lowest BCUT2D eigenvalue weighted by molar-refractivity contribution is 0.102. The molecule has 0 aliphatic heterocycles. The fourth-order valence-corrected chi connectivity index (χ4v) is 3.47. The summed E-state index contributed by atoms with van der Waals surface area (Å²) < 4.78 is 1.65. The number of anilines is 1. The lowest BCUT2D eigenvalue weighted by Crippen LogP contribution is -2.15. The second-order valence-corrected chi connectivity index (χ2v) is 7.40. The van der Waals surface area contributed by atoms with Gasteiger partial charge in [-0.3, -0.25) is 4.79 Å². The summed E-state index contributed by atoms with van der Waals surface area (Å²) in [5, 5.41) is 26.5. The van der Waals surface area contributed by atoms with Gasteiger partial charge in [-0.1, -0.05) is 23.7 Å². The van der Waals surface area contributed by atoms with Gasteiger partial charge in [-0.25, -0.2) is 14.6 Å². The number of benzene rings is 2. The summed E-state index contributed by atoms with van der Waals surface area (Å²) in [4.78, 5) is 20.8. The summed E-state index contributed by atoms with van der Waals surface area (Å²) in [6, 6.07) is 14.4. The Morgan fingerprint density at radius 2 is 2.06 bits per heavy atom. The van der Waals surface area contributed by atoms with Crippen molar-refractivity contribution < 1.29 is 9.90 Å². The number of aromatic nitrogens is 4. The van der Waals surface area contributed by atoms with Gasteiger partial charge in [-0.05, 0) is 60.4 Å². The first-order valence-corrected chi connectivity index (χ1v) is 9.97. The van der Waals surface area contributed by atoms with Gasteiger partial charge in [0.15, 0.2) is 5.82 Å². The molecule has 32 heavy (non-hydrogen) atoms. The number of hydrogen-bond donors (Lipinski definition) is 2. The van der Waals surface area contributed by atoms with Crippen molar-refractivity contribution in [1.29, 1.82) is 5.26 Å². The Bertz CT molecular complexity index is 1330. The molecule has 2 N–H and O–H groups in total. The van der Waals surface area contributed by atoms with E-state index in [-0.39, 0.29) is 27.7 Å². The molecule has 8 nitrogen and oxygen atoms in total. The van der Waals surface area contributed by atoms with Gasteiger partial charge in [0.2, 0.25) is 0 Å². The smallest absolute Gasteiger partial charge is 0.260 e. The van der Waals surface area contributed by atoms with E-state index in [2.05, 4.69) is 20.4 Å². The lowest BCUT2D eigenvalue weighted by Gasteiger charge is -2.14. The van der Waals surface area contributed by atoms with E-state index < -0.39 is 5.91 Å². The van der Waals surface area contributed by atoms with Crippen LogP contribution in [0, 0.1) is 18.3 Å². The molecule has 0 atom stereocenters. The van der Waals surface area contributed by atoms with Crippen LogP contribution in [0.15, 0.2) is 61.3 Å². The zero-order valence-electron chi connectivity index (χ0n) is 17.0. The molecule has 9 heteroatoms. The van der Waals surface area contributed by atoms with Gasteiger partial charge >= 0.3 is 0 Å². The highest BCUT2D eigenvalue weighted by atomic mass is 35.5. The third-order valence-corrected chi connectivity index (χ3v) is 5.47. The number of carbonyl (C=O) groups excluding carboxylic acids is 1. The molecule has 0 saturated carbocycles. The fraction of sp³-hybridized carbons (Fsp3) is 0.0870. The minimum Gasteiger partial charge on any atom is -0.506 e. The number of rotatable bonds is 5. The summed E-state index contributed by atoms with van der Waals surface area (Å²) in [7, 11) is 0.